The molecular weight excluding hydrogens is 286 g/mol. The lowest BCUT2D eigenvalue weighted by Crippen LogP contribution is -2.31. The maximum Gasteiger partial charge on any atom is 0.244 e. The molecule has 1 aromatic heterocycles. The first-order valence-electron chi connectivity index (χ1n) is 7.70. The predicted octanol–water partition coefficient (Wildman–Crippen LogP) is 2.62. The molecule has 0 saturated heterocycles. The molecule has 0 bridgehead atoms. The first-order valence-corrected chi connectivity index (χ1v) is 9.18. The number of rotatable bonds is 6. The molecule has 21 heavy (non-hydrogen) atoms. The highest BCUT2D eigenvalue weighted by molar-refractivity contribution is 7.89. The molecular formula is C15H25N3O2S. The van der Waals surface area contributed by atoms with Crippen LogP contribution in [0, 0.1) is 11.8 Å². The molecule has 2 rings (SSSR count). The van der Waals surface area contributed by atoms with E-state index in [1.807, 2.05) is 6.92 Å². The lowest BCUT2D eigenvalue weighted by Gasteiger charge is -2.26. The van der Waals surface area contributed by atoms with Crippen molar-refractivity contribution in [1.29, 1.82) is 0 Å². The van der Waals surface area contributed by atoms with Gasteiger partial charge in [-0.2, -0.15) is 0 Å². The zero-order valence-electron chi connectivity index (χ0n) is 12.8. The molecule has 5 nitrogen and oxygen atoms in total. The summed E-state index contributed by atoms with van der Waals surface area (Å²) in [5.41, 5.74) is 0.609. The maximum absolute atomic E-state index is 12.4. The van der Waals surface area contributed by atoms with Gasteiger partial charge in [0.05, 0.1) is 5.69 Å². The fraction of sp³-hybridized carbons (Fsp3) is 0.667. The molecule has 1 aliphatic carbocycles. The molecule has 6 heteroatoms. The van der Waals surface area contributed by atoms with Crippen molar-refractivity contribution in [2.24, 2.45) is 11.8 Å². The summed E-state index contributed by atoms with van der Waals surface area (Å²) in [4.78, 5) is 4.17. The molecule has 1 heterocycles. The van der Waals surface area contributed by atoms with Crippen molar-refractivity contribution in [3.05, 3.63) is 18.5 Å². The minimum atomic E-state index is -3.50. The van der Waals surface area contributed by atoms with Crippen molar-refractivity contribution in [2.75, 3.05) is 18.4 Å². The Morgan fingerprint density at radius 2 is 2.00 bits per heavy atom. The van der Waals surface area contributed by atoms with Crippen LogP contribution >= 0.6 is 0 Å². The fourth-order valence-electron chi connectivity index (χ4n) is 2.77. The fourth-order valence-corrected chi connectivity index (χ4v) is 4.01. The van der Waals surface area contributed by atoms with Gasteiger partial charge >= 0.3 is 0 Å². The van der Waals surface area contributed by atoms with Gasteiger partial charge < -0.3 is 5.32 Å². The Hall–Kier alpha value is -1.14. The van der Waals surface area contributed by atoms with Gasteiger partial charge in [0.15, 0.2) is 0 Å². The second kappa shape index (κ2) is 7.22. The van der Waals surface area contributed by atoms with Crippen LogP contribution in [0.4, 0.5) is 5.69 Å². The molecule has 118 valence electrons. The van der Waals surface area contributed by atoms with Gasteiger partial charge in [-0.25, -0.2) is 13.1 Å². The molecule has 1 aromatic rings. The van der Waals surface area contributed by atoms with Crippen molar-refractivity contribution >= 4 is 15.7 Å². The second-order valence-electron chi connectivity index (χ2n) is 5.88. The lowest BCUT2D eigenvalue weighted by atomic mass is 9.83. The molecule has 0 unspecified atom stereocenters. The Morgan fingerprint density at radius 3 is 2.67 bits per heavy atom. The van der Waals surface area contributed by atoms with E-state index in [9.17, 15) is 8.42 Å². The SMILES string of the molecule is CCNc1ccncc1S(=O)(=O)NCC1CCC(C)CC1. The van der Waals surface area contributed by atoms with Gasteiger partial charge in [0.1, 0.15) is 4.90 Å². The van der Waals surface area contributed by atoms with Crippen LogP contribution in [0.3, 0.4) is 0 Å². The van der Waals surface area contributed by atoms with E-state index in [4.69, 9.17) is 0 Å². The van der Waals surface area contributed by atoms with E-state index in [1.54, 1.807) is 12.3 Å². The van der Waals surface area contributed by atoms with Crippen LogP contribution in [0.2, 0.25) is 0 Å². The summed E-state index contributed by atoms with van der Waals surface area (Å²) >= 11 is 0. The van der Waals surface area contributed by atoms with Crippen LogP contribution in [0.5, 0.6) is 0 Å². The molecule has 1 aliphatic rings. The largest absolute Gasteiger partial charge is 0.384 e. The number of pyridine rings is 1. The average Bonchev–Trinajstić information content (AvgIpc) is 2.47. The second-order valence-corrected chi connectivity index (χ2v) is 7.62. The summed E-state index contributed by atoms with van der Waals surface area (Å²) in [7, 11) is -3.50. The Kier molecular flexibility index (Phi) is 5.58. The van der Waals surface area contributed by atoms with E-state index < -0.39 is 10.0 Å². The van der Waals surface area contributed by atoms with Crippen molar-refractivity contribution in [2.45, 2.75) is 44.4 Å². The average molecular weight is 311 g/mol. The number of hydrogen-bond donors (Lipinski definition) is 2. The first-order chi connectivity index (χ1) is 10.0. The van der Waals surface area contributed by atoms with Crippen molar-refractivity contribution in [1.82, 2.24) is 9.71 Å². The van der Waals surface area contributed by atoms with Gasteiger partial charge in [-0.15, -0.1) is 0 Å². The van der Waals surface area contributed by atoms with Gasteiger partial charge in [0.25, 0.3) is 0 Å². The Balaban J connectivity index is 2.01. The lowest BCUT2D eigenvalue weighted by molar-refractivity contribution is 0.290. The summed E-state index contributed by atoms with van der Waals surface area (Å²) in [6, 6.07) is 1.69. The molecule has 0 aromatic carbocycles. The minimum absolute atomic E-state index is 0.232. The third-order valence-corrected chi connectivity index (χ3v) is 5.59. The number of hydrogen-bond acceptors (Lipinski definition) is 4. The highest BCUT2D eigenvalue weighted by atomic mass is 32.2. The predicted molar refractivity (Wildman–Crippen MR) is 84.7 cm³/mol. The number of aromatic nitrogens is 1. The van der Waals surface area contributed by atoms with Gasteiger partial charge in [-0.1, -0.05) is 19.8 Å². The Labute approximate surface area is 127 Å². The van der Waals surface area contributed by atoms with Crippen LogP contribution < -0.4 is 10.0 Å². The smallest absolute Gasteiger partial charge is 0.244 e. The van der Waals surface area contributed by atoms with Crippen molar-refractivity contribution < 1.29 is 8.42 Å². The van der Waals surface area contributed by atoms with E-state index in [1.165, 1.54) is 19.0 Å². The summed E-state index contributed by atoms with van der Waals surface area (Å²) in [5.74, 6) is 1.23. The summed E-state index contributed by atoms with van der Waals surface area (Å²) < 4.78 is 27.6. The molecule has 0 aliphatic heterocycles. The third-order valence-electron chi connectivity index (χ3n) is 4.14. The van der Waals surface area contributed by atoms with Crippen LogP contribution in [0.25, 0.3) is 0 Å². The van der Waals surface area contributed by atoms with Crippen molar-refractivity contribution in [3.63, 3.8) is 0 Å². The Bertz CT molecular complexity index is 552. The molecule has 0 spiro atoms. The normalized spacial score (nSPS) is 23.0. The molecule has 0 radical (unpaired) electrons. The molecule has 0 amide bonds. The van der Waals surface area contributed by atoms with Crippen LogP contribution in [-0.4, -0.2) is 26.5 Å². The van der Waals surface area contributed by atoms with Crippen LogP contribution in [-0.2, 0) is 10.0 Å². The van der Waals surface area contributed by atoms with Gasteiger partial charge in [-0.3, -0.25) is 4.98 Å². The topological polar surface area (TPSA) is 71.1 Å². The van der Waals surface area contributed by atoms with E-state index in [0.717, 1.165) is 18.8 Å². The summed E-state index contributed by atoms with van der Waals surface area (Å²) in [6.45, 7) is 5.40. The zero-order valence-corrected chi connectivity index (χ0v) is 13.6. The standard InChI is InChI=1S/C15H25N3O2S/c1-3-17-14-8-9-16-11-15(14)21(19,20)18-10-13-6-4-12(2)5-7-13/h8-9,11-13,18H,3-7,10H2,1-2H3,(H,16,17). The molecule has 0 atom stereocenters. The zero-order chi connectivity index (χ0) is 15.3. The van der Waals surface area contributed by atoms with Gasteiger partial charge in [0, 0.05) is 25.5 Å². The monoisotopic (exact) mass is 311 g/mol. The van der Waals surface area contributed by atoms with Gasteiger partial charge in [0.2, 0.25) is 10.0 Å². The van der Waals surface area contributed by atoms with E-state index in [-0.39, 0.29) is 4.90 Å². The maximum atomic E-state index is 12.4. The summed E-state index contributed by atoms with van der Waals surface area (Å²) in [6.07, 6.45) is 7.61. The highest BCUT2D eigenvalue weighted by Gasteiger charge is 2.23. The number of nitrogens with one attached hydrogen (secondary N) is 2. The number of sulfonamides is 1. The van der Waals surface area contributed by atoms with Gasteiger partial charge in [-0.05, 0) is 37.7 Å². The molecule has 1 saturated carbocycles. The summed E-state index contributed by atoms with van der Waals surface area (Å²) in [5, 5.41) is 3.07. The third kappa shape index (κ3) is 4.41. The van der Waals surface area contributed by atoms with E-state index in [2.05, 4.69) is 21.9 Å². The Morgan fingerprint density at radius 1 is 1.29 bits per heavy atom. The van der Waals surface area contributed by atoms with E-state index >= 15 is 0 Å². The van der Waals surface area contributed by atoms with Crippen LogP contribution in [0.15, 0.2) is 23.4 Å². The first kappa shape index (κ1) is 16.2. The minimum Gasteiger partial charge on any atom is -0.384 e. The molecule has 2 N–H and O–H groups in total. The number of nitrogens with zero attached hydrogens (tertiary/aromatic N) is 1. The quantitative estimate of drug-likeness (QED) is 0.847. The van der Waals surface area contributed by atoms with Crippen molar-refractivity contribution in [3.8, 4) is 0 Å². The highest BCUT2D eigenvalue weighted by Crippen LogP contribution is 2.28. The van der Waals surface area contributed by atoms with E-state index in [0.29, 0.717) is 24.7 Å². The number of anilines is 1. The van der Waals surface area contributed by atoms with Crippen LogP contribution in [0.1, 0.15) is 39.5 Å². The molecule has 1 fully saturated rings.